The first kappa shape index (κ1) is 28.9. The molecule has 0 unspecified atom stereocenters. The number of aliphatic hydroxyl groups is 1. The zero-order valence-electron chi connectivity index (χ0n) is 23.3. The lowest BCUT2D eigenvalue weighted by Gasteiger charge is -2.42. The molecule has 4 aromatic rings. The van der Waals surface area contributed by atoms with E-state index in [0.29, 0.717) is 42.8 Å². The average Bonchev–Trinajstić information content (AvgIpc) is 3.45. The van der Waals surface area contributed by atoms with Crippen molar-refractivity contribution in [3.63, 3.8) is 0 Å². The van der Waals surface area contributed by atoms with Crippen LogP contribution in [0.4, 0.5) is 9.18 Å². The summed E-state index contributed by atoms with van der Waals surface area (Å²) in [4.78, 5) is 46.3. The molecule has 2 aromatic heterocycles. The molecule has 12 heteroatoms. The minimum Gasteiger partial charge on any atom is -0.465 e. The van der Waals surface area contributed by atoms with Crippen LogP contribution in [0.15, 0.2) is 71.9 Å². The standard InChI is InChI=1S/C31H31ClFN5O5/c32-25-7-6-21(16-26(25)33)38-13-9-23-27(38)34-19-37(29(23)40)18-31(43)10-14-35(15-11-31)28(39)22-8-12-36(30(41)42)17-24(22)20-4-2-1-3-5-20/h1-7,9,13,16,19,22,24,43H,8,10-12,14-15,17-18H2,(H,41,42)/t22-,24+/m1/s1. The molecule has 6 rings (SSSR count). The van der Waals surface area contributed by atoms with Crippen LogP contribution >= 0.6 is 11.6 Å². The minimum atomic E-state index is -1.22. The number of halogens is 2. The maximum atomic E-state index is 14.0. The average molecular weight is 608 g/mol. The first-order valence-corrected chi connectivity index (χ1v) is 14.6. The number of carboxylic acid groups (broad SMARTS) is 1. The van der Waals surface area contributed by atoms with Crippen LogP contribution in [0.3, 0.4) is 0 Å². The lowest BCUT2D eigenvalue weighted by Crippen LogP contribution is -2.53. The van der Waals surface area contributed by atoms with Crippen LogP contribution in [0, 0.1) is 11.7 Å². The highest BCUT2D eigenvalue weighted by Crippen LogP contribution is 2.35. The third-order valence-corrected chi connectivity index (χ3v) is 9.06. The van der Waals surface area contributed by atoms with Gasteiger partial charge < -0.3 is 24.6 Å². The van der Waals surface area contributed by atoms with E-state index in [-0.39, 0.29) is 54.3 Å². The van der Waals surface area contributed by atoms with Gasteiger partial charge in [0.05, 0.1) is 28.2 Å². The van der Waals surface area contributed by atoms with Gasteiger partial charge in [-0.05, 0) is 49.1 Å². The predicted molar refractivity (Wildman–Crippen MR) is 158 cm³/mol. The summed E-state index contributed by atoms with van der Waals surface area (Å²) in [6, 6.07) is 15.5. The highest BCUT2D eigenvalue weighted by Gasteiger charge is 2.41. The molecule has 10 nitrogen and oxygen atoms in total. The molecule has 2 fully saturated rings. The Bertz CT molecular complexity index is 1730. The Balaban J connectivity index is 1.15. The van der Waals surface area contributed by atoms with Crippen LogP contribution in [0.5, 0.6) is 0 Å². The zero-order chi connectivity index (χ0) is 30.3. The molecule has 2 atom stereocenters. The number of fused-ring (bicyclic) bond motifs is 1. The van der Waals surface area contributed by atoms with Crippen LogP contribution in [-0.2, 0) is 11.3 Å². The molecule has 2 aliphatic rings. The molecule has 0 aliphatic carbocycles. The summed E-state index contributed by atoms with van der Waals surface area (Å²) in [5.41, 5.74) is 0.208. The van der Waals surface area contributed by atoms with Crippen molar-refractivity contribution in [3.05, 3.63) is 93.9 Å². The molecule has 224 valence electrons. The van der Waals surface area contributed by atoms with E-state index >= 15 is 0 Å². The largest absolute Gasteiger partial charge is 0.465 e. The maximum absolute atomic E-state index is 14.0. The quantitative estimate of drug-likeness (QED) is 0.352. The predicted octanol–water partition coefficient (Wildman–Crippen LogP) is 4.12. The molecule has 0 bridgehead atoms. The SMILES string of the molecule is O=C(O)N1CC[C@@H](C(=O)N2CCC(O)(Cn3cnc4c(ccn4-c4ccc(Cl)c(F)c4)c3=O)CC2)[C@H](c2ccccc2)C1. The van der Waals surface area contributed by atoms with Crippen LogP contribution < -0.4 is 5.56 Å². The smallest absolute Gasteiger partial charge is 0.407 e. The molecule has 4 heterocycles. The summed E-state index contributed by atoms with van der Waals surface area (Å²) in [6.07, 6.45) is 3.00. The highest BCUT2D eigenvalue weighted by atomic mass is 35.5. The Kier molecular flexibility index (Phi) is 7.70. The molecule has 43 heavy (non-hydrogen) atoms. The summed E-state index contributed by atoms with van der Waals surface area (Å²) >= 11 is 5.81. The van der Waals surface area contributed by atoms with E-state index in [1.54, 1.807) is 27.8 Å². The molecule has 0 spiro atoms. The van der Waals surface area contributed by atoms with Crippen LogP contribution in [0.2, 0.25) is 5.02 Å². The molecule has 2 aromatic carbocycles. The Hall–Kier alpha value is -4.22. The summed E-state index contributed by atoms with van der Waals surface area (Å²) in [5.74, 6) is -1.24. The van der Waals surface area contributed by atoms with Crippen molar-refractivity contribution in [1.29, 1.82) is 0 Å². The van der Waals surface area contributed by atoms with Gasteiger partial charge in [-0.3, -0.25) is 14.2 Å². The monoisotopic (exact) mass is 607 g/mol. The number of nitrogens with zero attached hydrogens (tertiary/aromatic N) is 5. The van der Waals surface area contributed by atoms with E-state index in [0.717, 1.165) is 5.56 Å². The van der Waals surface area contributed by atoms with Gasteiger partial charge in [-0.1, -0.05) is 41.9 Å². The molecular formula is C31H31ClFN5O5. The fraction of sp³-hybridized carbons (Fsp3) is 0.355. The lowest BCUT2D eigenvalue weighted by atomic mass is 9.79. The van der Waals surface area contributed by atoms with E-state index < -0.39 is 17.5 Å². The first-order valence-electron chi connectivity index (χ1n) is 14.2. The van der Waals surface area contributed by atoms with Gasteiger partial charge in [-0.2, -0.15) is 0 Å². The van der Waals surface area contributed by atoms with Crippen LogP contribution in [-0.4, -0.2) is 77.9 Å². The number of hydrogen-bond acceptors (Lipinski definition) is 5. The number of piperidine rings is 2. The van der Waals surface area contributed by atoms with Gasteiger partial charge in [0.2, 0.25) is 5.91 Å². The van der Waals surface area contributed by atoms with Crippen molar-refractivity contribution in [2.45, 2.75) is 37.3 Å². The van der Waals surface area contributed by atoms with Gasteiger partial charge in [0.15, 0.2) is 5.65 Å². The fourth-order valence-corrected chi connectivity index (χ4v) is 6.44. The number of amides is 2. The van der Waals surface area contributed by atoms with Crippen molar-refractivity contribution in [3.8, 4) is 5.69 Å². The van der Waals surface area contributed by atoms with Crippen molar-refractivity contribution in [2.75, 3.05) is 26.2 Å². The second-order valence-corrected chi connectivity index (χ2v) is 11.8. The van der Waals surface area contributed by atoms with E-state index in [4.69, 9.17) is 11.6 Å². The molecular weight excluding hydrogens is 577 g/mol. The lowest BCUT2D eigenvalue weighted by molar-refractivity contribution is -0.142. The fourth-order valence-electron chi connectivity index (χ4n) is 6.32. The zero-order valence-corrected chi connectivity index (χ0v) is 24.0. The number of aromatic nitrogens is 3. The topological polar surface area (TPSA) is 121 Å². The number of likely N-dealkylation sites (tertiary alicyclic amines) is 2. The summed E-state index contributed by atoms with van der Waals surface area (Å²) < 4.78 is 17.0. The van der Waals surface area contributed by atoms with Gasteiger partial charge in [0, 0.05) is 44.2 Å². The third-order valence-electron chi connectivity index (χ3n) is 8.75. The molecule has 2 N–H and O–H groups in total. The third kappa shape index (κ3) is 5.62. The molecule has 0 saturated carbocycles. The normalized spacial score (nSPS) is 20.3. The first-order chi connectivity index (χ1) is 20.6. The van der Waals surface area contributed by atoms with E-state index in [9.17, 15) is 29.0 Å². The summed E-state index contributed by atoms with van der Waals surface area (Å²) in [5, 5.41) is 21.3. The van der Waals surface area contributed by atoms with E-state index in [1.807, 2.05) is 30.3 Å². The van der Waals surface area contributed by atoms with Gasteiger partial charge in [-0.15, -0.1) is 0 Å². The van der Waals surface area contributed by atoms with Gasteiger partial charge in [-0.25, -0.2) is 14.2 Å². The van der Waals surface area contributed by atoms with Crippen molar-refractivity contribution < 1.29 is 24.2 Å². The second kappa shape index (κ2) is 11.5. The van der Waals surface area contributed by atoms with Crippen LogP contribution in [0.25, 0.3) is 16.7 Å². The molecule has 0 radical (unpaired) electrons. The summed E-state index contributed by atoms with van der Waals surface area (Å²) in [6.45, 7) is 1.19. The van der Waals surface area contributed by atoms with E-state index in [1.165, 1.54) is 27.9 Å². The Morgan fingerprint density at radius 2 is 1.79 bits per heavy atom. The van der Waals surface area contributed by atoms with Crippen LogP contribution in [0.1, 0.15) is 30.7 Å². The molecule has 2 saturated heterocycles. The molecule has 2 amide bonds. The van der Waals surface area contributed by atoms with Crippen molar-refractivity contribution in [2.24, 2.45) is 5.92 Å². The molecule has 2 aliphatic heterocycles. The Morgan fingerprint density at radius 3 is 2.49 bits per heavy atom. The van der Waals surface area contributed by atoms with Gasteiger partial charge in [0.25, 0.3) is 5.56 Å². The Morgan fingerprint density at radius 1 is 1.05 bits per heavy atom. The van der Waals surface area contributed by atoms with Gasteiger partial charge in [0.1, 0.15) is 12.1 Å². The Labute approximate surface area is 251 Å². The van der Waals surface area contributed by atoms with E-state index in [2.05, 4.69) is 4.98 Å². The highest BCUT2D eigenvalue weighted by molar-refractivity contribution is 6.30. The van der Waals surface area contributed by atoms with Gasteiger partial charge >= 0.3 is 6.09 Å². The number of benzene rings is 2. The number of carbonyl (C=O) groups is 2. The summed E-state index contributed by atoms with van der Waals surface area (Å²) in [7, 11) is 0. The van der Waals surface area contributed by atoms with Crippen molar-refractivity contribution in [1.82, 2.24) is 23.9 Å². The maximum Gasteiger partial charge on any atom is 0.407 e. The second-order valence-electron chi connectivity index (χ2n) is 11.4. The minimum absolute atomic E-state index is 0.00361. The number of rotatable bonds is 5. The number of hydrogen-bond donors (Lipinski definition) is 2. The van der Waals surface area contributed by atoms with Crippen molar-refractivity contribution >= 4 is 34.6 Å². The number of carbonyl (C=O) groups excluding carboxylic acids is 1.